The highest BCUT2D eigenvalue weighted by Crippen LogP contribution is 2.29. The van der Waals surface area contributed by atoms with Gasteiger partial charge in [-0.05, 0) is 18.8 Å². The van der Waals surface area contributed by atoms with E-state index >= 15 is 0 Å². The number of hydrogen-bond acceptors (Lipinski definition) is 2. The summed E-state index contributed by atoms with van der Waals surface area (Å²) < 4.78 is 0. The van der Waals surface area contributed by atoms with Crippen molar-refractivity contribution in [1.82, 2.24) is 4.90 Å². The zero-order valence-electron chi connectivity index (χ0n) is 6.92. The van der Waals surface area contributed by atoms with Gasteiger partial charge in [-0.25, -0.2) is 0 Å². The molecule has 0 aromatic heterocycles. The van der Waals surface area contributed by atoms with Gasteiger partial charge in [0.1, 0.15) is 0 Å². The molecule has 2 N–H and O–H groups in total. The van der Waals surface area contributed by atoms with Gasteiger partial charge in [-0.1, -0.05) is 5.92 Å². The Morgan fingerprint density at radius 2 is 2.27 bits per heavy atom. The van der Waals surface area contributed by atoms with E-state index in [1.165, 1.54) is 12.8 Å². The van der Waals surface area contributed by atoms with E-state index in [0.717, 1.165) is 25.6 Å². The summed E-state index contributed by atoms with van der Waals surface area (Å²) in [7, 11) is 0. The summed E-state index contributed by atoms with van der Waals surface area (Å²) in [5.41, 5.74) is 5.45. The molecule has 0 aliphatic heterocycles. The van der Waals surface area contributed by atoms with Crippen LogP contribution >= 0.6 is 0 Å². The van der Waals surface area contributed by atoms with E-state index in [9.17, 15) is 0 Å². The van der Waals surface area contributed by atoms with Crippen molar-refractivity contribution < 1.29 is 0 Å². The van der Waals surface area contributed by atoms with E-state index in [4.69, 9.17) is 12.2 Å². The van der Waals surface area contributed by atoms with Crippen LogP contribution in [0, 0.1) is 18.3 Å². The number of rotatable bonds is 5. The van der Waals surface area contributed by atoms with Crippen molar-refractivity contribution in [3.8, 4) is 12.3 Å². The SMILES string of the molecule is C#CCN(CCN)CC1CC1. The van der Waals surface area contributed by atoms with Crippen LogP contribution in [0.3, 0.4) is 0 Å². The van der Waals surface area contributed by atoms with Crippen molar-refractivity contribution in [1.29, 1.82) is 0 Å². The monoisotopic (exact) mass is 152 g/mol. The fraction of sp³-hybridized carbons (Fsp3) is 0.778. The third kappa shape index (κ3) is 3.41. The van der Waals surface area contributed by atoms with Gasteiger partial charge < -0.3 is 5.73 Å². The van der Waals surface area contributed by atoms with Crippen LogP contribution in [0.4, 0.5) is 0 Å². The standard InChI is InChI=1S/C9H16N2/c1-2-6-11(7-5-10)8-9-3-4-9/h1,9H,3-8,10H2. The van der Waals surface area contributed by atoms with E-state index < -0.39 is 0 Å². The second-order valence-electron chi connectivity index (χ2n) is 3.17. The van der Waals surface area contributed by atoms with Gasteiger partial charge in [0.15, 0.2) is 0 Å². The Bertz CT molecular complexity index is 144. The van der Waals surface area contributed by atoms with Crippen LogP contribution in [0.15, 0.2) is 0 Å². The Morgan fingerprint density at radius 3 is 2.73 bits per heavy atom. The minimum absolute atomic E-state index is 0.717. The smallest absolute Gasteiger partial charge is 0.0599 e. The maximum atomic E-state index is 5.45. The van der Waals surface area contributed by atoms with Crippen LogP contribution in [0.1, 0.15) is 12.8 Å². The van der Waals surface area contributed by atoms with Crippen LogP contribution in [-0.2, 0) is 0 Å². The lowest BCUT2D eigenvalue weighted by Crippen LogP contribution is -2.31. The molecule has 1 rings (SSSR count). The highest BCUT2D eigenvalue weighted by Gasteiger charge is 2.23. The lowest BCUT2D eigenvalue weighted by Gasteiger charge is -2.17. The summed E-state index contributed by atoms with van der Waals surface area (Å²) >= 11 is 0. The minimum Gasteiger partial charge on any atom is -0.329 e. The average molecular weight is 152 g/mol. The van der Waals surface area contributed by atoms with Gasteiger partial charge in [0.25, 0.3) is 0 Å². The van der Waals surface area contributed by atoms with Crippen molar-refractivity contribution in [2.24, 2.45) is 11.7 Å². The van der Waals surface area contributed by atoms with Crippen molar-refractivity contribution >= 4 is 0 Å². The molecule has 0 aromatic rings. The first-order valence-corrected chi connectivity index (χ1v) is 4.22. The molecule has 62 valence electrons. The fourth-order valence-electron chi connectivity index (χ4n) is 1.21. The van der Waals surface area contributed by atoms with Crippen LogP contribution < -0.4 is 5.73 Å². The normalized spacial score (nSPS) is 16.8. The Hall–Kier alpha value is -0.520. The molecule has 0 saturated heterocycles. The van der Waals surface area contributed by atoms with Gasteiger partial charge in [0.2, 0.25) is 0 Å². The Morgan fingerprint density at radius 1 is 1.55 bits per heavy atom. The minimum atomic E-state index is 0.717. The first-order chi connectivity index (χ1) is 5.36. The molecule has 0 atom stereocenters. The van der Waals surface area contributed by atoms with Gasteiger partial charge >= 0.3 is 0 Å². The van der Waals surface area contributed by atoms with Gasteiger partial charge in [-0.15, -0.1) is 6.42 Å². The molecule has 1 aliphatic rings. The maximum Gasteiger partial charge on any atom is 0.0599 e. The van der Waals surface area contributed by atoms with Crippen LogP contribution in [-0.4, -0.2) is 31.1 Å². The lowest BCUT2D eigenvalue weighted by atomic mass is 10.3. The number of hydrogen-bond donors (Lipinski definition) is 1. The number of terminal acetylenes is 1. The summed E-state index contributed by atoms with van der Waals surface area (Å²) in [5, 5.41) is 0. The molecule has 0 unspecified atom stereocenters. The third-order valence-corrected chi connectivity index (χ3v) is 1.97. The summed E-state index contributed by atoms with van der Waals surface area (Å²) in [6.45, 7) is 3.57. The molecule has 0 amide bonds. The third-order valence-electron chi connectivity index (χ3n) is 1.97. The Balaban J connectivity index is 2.14. The molecule has 2 nitrogen and oxygen atoms in total. The molecule has 0 spiro atoms. The first-order valence-electron chi connectivity index (χ1n) is 4.22. The van der Waals surface area contributed by atoms with Gasteiger partial charge in [0.05, 0.1) is 6.54 Å². The summed E-state index contributed by atoms with van der Waals surface area (Å²) in [6.07, 6.45) is 7.98. The van der Waals surface area contributed by atoms with Crippen LogP contribution in [0.5, 0.6) is 0 Å². The molecule has 1 aliphatic carbocycles. The average Bonchev–Trinajstić information content (AvgIpc) is 2.73. The predicted molar refractivity (Wildman–Crippen MR) is 47.1 cm³/mol. The topological polar surface area (TPSA) is 29.3 Å². The van der Waals surface area contributed by atoms with E-state index in [0.29, 0.717) is 6.54 Å². The first kappa shape index (κ1) is 8.58. The highest BCUT2D eigenvalue weighted by molar-refractivity contribution is 4.90. The summed E-state index contributed by atoms with van der Waals surface area (Å²) in [5.74, 6) is 3.57. The quantitative estimate of drug-likeness (QED) is 0.574. The predicted octanol–water partition coefficient (Wildman–Crippen LogP) is 0.290. The van der Waals surface area contributed by atoms with E-state index in [1.807, 2.05) is 0 Å². The molecule has 0 bridgehead atoms. The molecular formula is C9H16N2. The van der Waals surface area contributed by atoms with E-state index in [-0.39, 0.29) is 0 Å². The molecule has 11 heavy (non-hydrogen) atoms. The van der Waals surface area contributed by atoms with Crippen molar-refractivity contribution in [3.63, 3.8) is 0 Å². The van der Waals surface area contributed by atoms with Crippen molar-refractivity contribution in [3.05, 3.63) is 0 Å². The maximum absolute atomic E-state index is 5.45. The van der Waals surface area contributed by atoms with Gasteiger partial charge in [0, 0.05) is 19.6 Å². The Kier molecular flexibility index (Phi) is 3.41. The molecule has 0 heterocycles. The van der Waals surface area contributed by atoms with E-state index in [2.05, 4.69) is 10.8 Å². The van der Waals surface area contributed by atoms with Crippen LogP contribution in [0.25, 0.3) is 0 Å². The van der Waals surface area contributed by atoms with Gasteiger partial charge in [-0.2, -0.15) is 0 Å². The molecule has 1 fully saturated rings. The second-order valence-corrected chi connectivity index (χ2v) is 3.17. The molecule has 2 heteroatoms. The molecule has 0 aromatic carbocycles. The molecule has 0 radical (unpaired) electrons. The largest absolute Gasteiger partial charge is 0.329 e. The van der Waals surface area contributed by atoms with E-state index in [1.54, 1.807) is 0 Å². The molecular weight excluding hydrogens is 136 g/mol. The zero-order valence-corrected chi connectivity index (χ0v) is 6.92. The van der Waals surface area contributed by atoms with Gasteiger partial charge in [-0.3, -0.25) is 4.90 Å². The van der Waals surface area contributed by atoms with Crippen molar-refractivity contribution in [2.75, 3.05) is 26.2 Å². The fourth-order valence-corrected chi connectivity index (χ4v) is 1.21. The highest BCUT2D eigenvalue weighted by atomic mass is 15.1. The summed E-state index contributed by atoms with van der Waals surface area (Å²) in [6, 6.07) is 0. The number of nitrogens with two attached hydrogens (primary N) is 1. The molecule has 1 saturated carbocycles. The second kappa shape index (κ2) is 4.38. The lowest BCUT2D eigenvalue weighted by molar-refractivity contribution is 0.302. The van der Waals surface area contributed by atoms with Crippen LogP contribution in [0.2, 0.25) is 0 Å². The zero-order chi connectivity index (χ0) is 8.10. The number of nitrogens with zero attached hydrogens (tertiary/aromatic N) is 1. The summed E-state index contributed by atoms with van der Waals surface area (Å²) in [4.78, 5) is 2.26. The van der Waals surface area contributed by atoms with Crippen molar-refractivity contribution in [2.45, 2.75) is 12.8 Å². The Labute approximate surface area is 68.8 Å².